The lowest BCUT2D eigenvalue weighted by Crippen LogP contribution is -2.27. The van der Waals surface area contributed by atoms with Crippen molar-refractivity contribution in [3.05, 3.63) is 42.0 Å². The van der Waals surface area contributed by atoms with Crippen molar-refractivity contribution in [2.75, 3.05) is 13.2 Å². The molecule has 2 aromatic rings. The number of carbonyl (C=O) groups excluding carboxylic acids is 1. The van der Waals surface area contributed by atoms with Gasteiger partial charge >= 0.3 is 0 Å². The molecule has 104 valence electrons. The van der Waals surface area contributed by atoms with Gasteiger partial charge in [0.25, 0.3) is 5.91 Å². The lowest BCUT2D eigenvalue weighted by Gasteiger charge is -2.03. The van der Waals surface area contributed by atoms with Crippen molar-refractivity contribution in [1.29, 1.82) is 0 Å². The van der Waals surface area contributed by atoms with Gasteiger partial charge in [0.1, 0.15) is 5.82 Å². The summed E-state index contributed by atoms with van der Waals surface area (Å²) in [5.41, 5.74) is 0.906. The number of aliphatic hydroxyl groups is 1. The van der Waals surface area contributed by atoms with E-state index in [1.165, 1.54) is 0 Å². The molecule has 20 heavy (non-hydrogen) atoms. The third kappa shape index (κ3) is 2.55. The number of nitrogens with one attached hydrogen (secondary N) is 1. The highest BCUT2D eigenvalue weighted by Crippen LogP contribution is 2.39. The summed E-state index contributed by atoms with van der Waals surface area (Å²) in [7, 11) is 0. The number of hydrogen-bond donors (Lipinski definition) is 2. The summed E-state index contributed by atoms with van der Waals surface area (Å²) in [4.78, 5) is 16.2. The molecule has 0 atom stereocenters. The molecule has 1 fully saturated rings. The van der Waals surface area contributed by atoms with Crippen LogP contribution < -0.4 is 5.32 Å². The Morgan fingerprint density at radius 3 is 2.75 bits per heavy atom. The Morgan fingerprint density at radius 1 is 1.35 bits per heavy atom. The number of carbonyl (C=O) groups is 1. The van der Waals surface area contributed by atoms with Crippen LogP contribution in [0.2, 0.25) is 0 Å². The smallest absolute Gasteiger partial charge is 0.291 e. The fourth-order valence-electron chi connectivity index (χ4n) is 2.03. The summed E-state index contributed by atoms with van der Waals surface area (Å²) >= 11 is 0. The molecule has 1 aromatic heterocycles. The molecule has 2 N–H and O–H groups in total. The summed E-state index contributed by atoms with van der Waals surface area (Å²) in [6, 6.07) is 9.68. The van der Waals surface area contributed by atoms with Crippen molar-refractivity contribution in [3.63, 3.8) is 0 Å². The van der Waals surface area contributed by atoms with E-state index in [-0.39, 0.29) is 24.9 Å². The van der Waals surface area contributed by atoms with E-state index in [2.05, 4.69) is 15.4 Å². The Kier molecular flexibility index (Phi) is 3.47. The van der Waals surface area contributed by atoms with Crippen molar-refractivity contribution in [2.45, 2.75) is 18.8 Å². The molecular weight excluding hydrogens is 256 g/mol. The highest BCUT2D eigenvalue weighted by atomic mass is 16.3. The second-order valence-corrected chi connectivity index (χ2v) is 4.79. The zero-order valence-electron chi connectivity index (χ0n) is 11.0. The van der Waals surface area contributed by atoms with Gasteiger partial charge in [0.2, 0.25) is 5.82 Å². The number of aliphatic hydroxyl groups excluding tert-OH is 1. The van der Waals surface area contributed by atoms with Crippen LogP contribution in [-0.4, -0.2) is 38.9 Å². The predicted octanol–water partition coefficient (Wildman–Crippen LogP) is 0.867. The van der Waals surface area contributed by atoms with Gasteiger partial charge in [-0.15, -0.1) is 5.10 Å². The van der Waals surface area contributed by atoms with E-state index in [1.54, 1.807) is 4.68 Å². The van der Waals surface area contributed by atoms with E-state index in [0.717, 1.165) is 24.4 Å². The molecule has 0 radical (unpaired) electrons. The van der Waals surface area contributed by atoms with Gasteiger partial charge in [-0.25, -0.2) is 9.67 Å². The lowest BCUT2D eigenvalue weighted by atomic mass is 10.3. The lowest BCUT2D eigenvalue weighted by molar-refractivity contribution is 0.0934. The summed E-state index contributed by atoms with van der Waals surface area (Å²) < 4.78 is 1.74. The maximum Gasteiger partial charge on any atom is 0.291 e. The summed E-state index contributed by atoms with van der Waals surface area (Å²) in [6.07, 6.45) is 2.17. The van der Waals surface area contributed by atoms with E-state index >= 15 is 0 Å². The van der Waals surface area contributed by atoms with Crippen LogP contribution in [0.4, 0.5) is 0 Å². The van der Waals surface area contributed by atoms with Crippen LogP contribution >= 0.6 is 0 Å². The van der Waals surface area contributed by atoms with Gasteiger partial charge in [0, 0.05) is 12.5 Å². The standard InChI is InChI=1S/C14H16N4O2/c19-9-8-15-14(20)12-16-13(10-6-7-10)18(17-12)11-4-2-1-3-5-11/h1-5,10,19H,6-9H2,(H,15,20). The van der Waals surface area contributed by atoms with Crippen molar-refractivity contribution >= 4 is 5.91 Å². The minimum atomic E-state index is -0.351. The highest BCUT2D eigenvalue weighted by Gasteiger charge is 2.31. The van der Waals surface area contributed by atoms with Gasteiger partial charge in [0.15, 0.2) is 0 Å². The molecule has 1 aromatic carbocycles. The zero-order chi connectivity index (χ0) is 13.9. The molecule has 1 saturated carbocycles. The summed E-state index contributed by atoms with van der Waals surface area (Å²) in [6.45, 7) is 0.109. The number of para-hydroxylation sites is 1. The Bertz CT molecular complexity index is 605. The molecule has 0 unspecified atom stereocenters. The number of aromatic nitrogens is 3. The molecule has 6 nitrogen and oxygen atoms in total. The first-order valence-electron chi connectivity index (χ1n) is 6.71. The van der Waals surface area contributed by atoms with Crippen LogP contribution in [0.1, 0.15) is 35.2 Å². The largest absolute Gasteiger partial charge is 0.395 e. The molecule has 1 amide bonds. The van der Waals surface area contributed by atoms with Gasteiger partial charge in [-0.05, 0) is 25.0 Å². The second-order valence-electron chi connectivity index (χ2n) is 4.79. The summed E-state index contributed by atoms with van der Waals surface area (Å²) in [5, 5.41) is 15.6. The Morgan fingerprint density at radius 2 is 2.10 bits per heavy atom. The molecule has 0 spiro atoms. The molecule has 1 aliphatic rings. The number of hydrogen-bond acceptors (Lipinski definition) is 4. The van der Waals surface area contributed by atoms with Gasteiger partial charge < -0.3 is 10.4 Å². The third-order valence-corrected chi connectivity index (χ3v) is 3.18. The SMILES string of the molecule is O=C(NCCO)c1nc(C2CC2)n(-c2ccccc2)n1. The third-order valence-electron chi connectivity index (χ3n) is 3.18. The maximum atomic E-state index is 11.9. The quantitative estimate of drug-likeness (QED) is 0.846. The first-order valence-corrected chi connectivity index (χ1v) is 6.71. The van der Waals surface area contributed by atoms with Crippen molar-refractivity contribution in [2.24, 2.45) is 0 Å². The van der Waals surface area contributed by atoms with E-state index in [1.807, 2.05) is 30.3 Å². The Hall–Kier alpha value is -2.21. The molecule has 1 aliphatic carbocycles. The van der Waals surface area contributed by atoms with Gasteiger partial charge in [0.05, 0.1) is 12.3 Å². The molecule has 0 aliphatic heterocycles. The molecule has 1 heterocycles. The predicted molar refractivity (Wildman–Crippen MR) is 72.8 cm³/mol. The van der Waals surface area contributed by atoms with Crippen LogP contribution in [0.3, 0.4) is 0 Å². The minimum absolute atomic E-state index is 0.0966. The first kappa shape index (κ1) is 12.8. The number of benzene rings is 1. The number of amides is 1. The number of nitrogens with zero attached hydrogens (tertiary/aromatic N) is 3. The van der Waals surface area contributed by atoms with E-state index < -0.39 is 0 Å². The number of rotatable bonds is 5. The van der Waals surface area contributed by atoms with E-state index in [4.69, 9.17) is 5.11 Å². The van der Waals surface area contributed by atoms with Crippen LogP contribution in [0.25, 0.3) is 5.69 Å². The first-order chi connectivity index (χ1) is 9.79. The zero-order valence-corrected chi connectivity index (χ0v) is 11.0. The second kappa shape index (κ2) is 5.42. The minimum Gasteiger partial charge on any atom is -0.395 e. The normalized spacial score (nSPS) is 14.2. The molecule has 0 saturated heterocycles. The van der Waals surface area contributed by atoms with Gasteiger partial charge in [-0.1, -0.05) is 18.2 Å². The monoisotopic (exact) mass is 272 g/mol. The Labute approximate surface area is 116 Å². The topological polar surface area (TPSA) is 80.0 Å². The van der Waals surface area contributed by atoms with Crippen LogP contribution in [0.15, 0.2) is 30.3 Å². The maximum absolute atomic E-state index is 11.9. The van der Waals surface area contributed by atoms with Gasteiger partial charge in [-0.3, -0.25) is 4.79 Å². The average molecular weight is 272 g/mol. The fourth-order valence-corrected chi connectivity index (χ4v) is 2.03. The van der Waals surface area contributed by atoms with E-state index in [9.17, 15) is 4.79 Å². The average Bonchev–Trinajstić information content (AvgIpc) is 3.24. The Balaban J connectivity index is 1.93. The highest BCUT2D eigenvalue weighted by molar-refractivity contribution is 5.90. The summed E-state index contributed by atoms with van der Waals surface area (Å²) in [5.74, 6) is 1.03. The van der Waals surface area contributed by atoms with Crippen LogP contribution in [0.5, 0.6) is 0 Å². The van der Waals surface area contributed by atoms with Crippen molar-refractivity contribution in [3.8, 4) is 5.69 Å². The van der Waals surface area contributed by atoms with Crippen molar-refractivity contribution < 1.29 is 9.90 Å². The molecular formula is C14H16N4O2. The van der Waals surface area contributed by atoms with Gasteiger partial charge in [-0.2, -0.15) is 0 Å². The van der Waals surface area contributed by atoms with E-state index in [0.29, 0.717) is 5.92 Å². The fraction of sp³-hybridized carbons (Fsp3) is 0.357. The molecule has 3 rings (SSSR count). The molecule has 0 bridgehead atoms. The molecule has 6 heteroatoms. The van der Waals surface area contributed by atoms with Crippen molar-refractivity contribution in [1.82, 2.24) is 20.1 Å². The van der Waals surface area contributed by atoms with Crippen LogP contribution in [-0.2, 0) is 0 Å². The van der Waals surface area contributed by atoms with Crippen LogP contribution in [0, 0.1) is 0 Å².